The fourth-order valence-electron chi connectivity index (χ4n) is 3.27. The van der Waals surface area contributed by atoms with Gasteiger partial charge >= 0.3 is 5.97 Å². The van der Waals surface area contributed by atoms with Crippen molar-refractivity contribution in [3.05, 3.63) is 87.4 Å². The Morgan fingerprint density at radius 2 is 1.70 bits per heavy atom. The number of carboxylic acid groups (broad SMARTS) is 1. The number of benzene rings is 3. The van der Waals surface area contributed by atoms with Crippen molar-refractivity contribution < 1.29 is 9.90 Å². The van der Waals surface area contributed by atoms with Gasteiger partial charge in [-0.05, 0) is 53.6 Å². The first kappa shape index (κ1) is 17.7. The van der Waals surface area contributed by atoms with Crippen molar-refractivity contribution in [3.63, 3.8) is 0 Å². The van der Waals surface area contributed by atoms with Crippen LogP contribution in [-0.4, -0.2) is 11.1 Å². The second-order valence-corrected chi connectivity index (χ2v) is 7.23. The zero-order chi connectivity index (χ0) is 19.0. The molecule has 1 aliphatic heterocycles. The molecule has 0 aliphatic carbocycles. The van der Waals surface area contributed by atoms with E-state index in [0.29, 0.717) is 15.7 Å². The molecule has 0 atom stereocenters. The third-order valence-corrected chi connectivity index (χ3v) is 5.37. The summed E-state index contributed by atoms with van der Waals surface area (Å²) in [4.78, 5) is 13.6. The summed E-state index contributed by atoms with van der Waals surface area (Å²) in [7, 11) is 0. The number of aromatic carboxylic acids is 1. The summed E-state index contributed by atoms with van der Waals surface area (Å²) in [6.07, 6.45) is 0. The lowest BCUT2D eigenvalue weighted by Gasteiger charge is -2.18. The standard InChI is InChI=1S/C21H16Cl2N2O2/c22-18-8-7-16(10-19(18)23)25-11-13-5-6-15(9-14(13)12-25)24-20-4-2-1-3-17(20)21(26)27/h1-10,24H,11-12H2,(H,26,27). The van der Waals surface area contributed by atoms with Crippen LogP contribution in [-0.2, 0) is 13.1 Å². The average Bonchev–Trinajstić information content (AvgIpc) is 3.07. The number of fused-ring (bicyclic) bond motifs is 1. The highest BCUT2D eigenvalue weighted by molar-refractivity contribution is 6.42. The van der Waals surface area contributed by atoms with Crippen molar-refractivity contribution in [2.45, 2.75) is 13.1 Å². The summed E-state index contributed by atoms with van der Waals surface area (Å²) >= 11 is 12.2. The number of nitrogens with one attached hydrogen (secondary N) is 1. The molecule has 1 aliphatic rings. The lowest BCUT2D eigenvalue weighted by atomic mass is 10.1. The van der Waals surface area contributed by atoms with Gasteiger partial charge in [-0.2, -0.15) is 0 Å². The number of halogens is 2. The second kappa shape index (κ2) is 7.14. The summed E-state index contributed by atoms with van der Waals surface area (Å²) < 4.78 is 0. The minimum Gasteiger partial charge on any atom is -0.478 e. The smallest absolute Gasteiger partial charge is 0.337 e. The minimum atomic E-state index is -0.954. The van der Waals surface area contributed by atoms with Gasteiger partial charge in [-0.1, -0.05) is 41.4 Å². The Hall–Kier alpha value is -2.69. The Bertz CT molecular complexity index is 1040. The van der Waals surface area contributed by atoms with Gasteiger partial charge in [0.1, 0.15) is 0 Å². The molecule has 0 saturated heterocycles. The van der Waals surface area contributed by atoms with Crippen molar-refractivity contribution in [2.24, 2.45) is 0 Å². The molecule has 0 aromatic heterocycles. The summed E-state index contributed by atoms with van der Waals surface area (Å²) in [5.74, 6) is -0.954. The number of nitrogens with zero attached hydrogens (tertiary/aromatic N) is 1. The molecule has 3 aromatic rings. The molecule has 6 heteroatoms. The van der Waals surface area contributed by atoms with Gasteiger partial charge in [0.2, 0.25) is 0 Å². The van der Waals surface area contributed by atoms with Crippen LogP contribution in [0, 0.1) is 0 Å². The molecule has 27 heavy (non-hydrogen) atoms. The maximum atomic E-state index is 11.4. The van der Waals surface area contributed by atoms with Crippen molar-refractivity contribution in [1.29, 1.82) is 0 Å². The van der Waals surface area contributed by atoms with Crippen LogP contribution in [0.4, 0.5) is 17.1 Å². The first-order chi connectivity index (χ1) is 13.0. The fourth-order valence-corrected chi connectivity index (χ4v) is 3.56. The monoisotopic (exact) mass is 398 g/mol. The van der Waals surface area contributed by atoms with E-state index in [-0.39, 0.29) is 5.56 Å². The fraction of sp³-hybridized carbons (Fsp3) is 0.0952. The highest BCUT2D eigenvalue weighted by atomic mass is 35.5. The van der Waals surface area contributed by atoms with Gasteiger partial charge < -0.3 is 15.3 Å². The molecule has 0 unspecified atom stereocenters. The first-order valence-electron chi connectivity index (χ1n) is 8.42. The molecule has 1 heterocycles. The summed E-state index contributed by atoms with van der Waals surface area (Å²) in [5, 5.41) is 13.6. The second-order valence-electron chi connectivity index (χ2n) is 6.41. The molecule has 0 saturated carbocycles. The van der Waals surface area contributed by atoms with Gasteiger partial charge in [0, 0.05) is 24.5 Å². The molecule has 3 aromatic carbocycles. The Labute approximate surface area is 167 Å². The predicted octanol–water partition coefficient (Wildman–Crippen LogP) is 5.96. The number of carbonyl (C=O) groups is 1. The molecule has 0 spiro atoms. The molecule has 0 bridgehead atoms. The van der Waals surface area contributed by atoms with Gasteiger partial charge in [-0.3, -0.25) is 0 Å². The topological polar surface area (TPSA) is 52.6 Å². The van der Waals surface area contributed by atoms with Crippen molar-refractivity contribution >= 4 is 46.2 Å². The van der Waals surface area contributed by atoms with Crippen molar-refractivity contribution in [3.8, 4) is 0 Å². The van der Waals surface area contributed by atoms with E-state index in [1.165, 1.54) is 11.1 Å². The number of para-hydroxylation sites is 1. The maximum absolute atomic E-state index is 11.4. The zero-order valence-electron chi connectivity index (χ0n) is 14.2. The predicted molar refractivity (Wildman–Crippen MR) is 109 cm³/mol. The van der Waals surface area contributed by atoms with Crippen LogP contribution in [0.2, 0.25) is 10.0 Å². The van der Waals surface area contributed by atoms with Crippen LogP contribution in [0.1, 0.15) is 21.5 Å². The molecule has 4 nitrogen and oxygen atoms in total. The van der Waals surface area contributed by atoms with Crippen molar-refractivity contribution in [1.82, 2.24) is 0 Å². The SMILES string of the molecule is O=C(O)c1ccccc1Nc1ccc2c(c1)CN(c1ccc(Cl)c(Cl)c1)C2. The lowest BCUT2D eigenvalue weighted by molar-refractivity contribution is 0.0698. The Morgan fingerprint density at radius 1 is 0.926 bits per heavy atom. The van der Waals surface area contributed by atoms with E-state index in [0.717, 1.165) is 24.5 Å². The molecule has 136 valence electrons. The average molecular weight is 399 g/mol. The molecular formula is C21H16Cl2N2O2. The van der Waals surface area contributed by atoms with Crippen LogP contribution < -0.4 is 10.2 Å². The van der Waals surface area contributed by atoms with E-state index in [1.54, 1.807) is 24.3 Å². The van der Waals surface area contributed by atoms with E-state index >= 15 is 0 Å². The van der Waals surface area contributed by atoms with Crippen LogP contribution in [0.5, 0.6) is 0 Å². The number of rotatable bonds is 4. The molecule has 0 radical (unpaired) electrons. The van der Waals surface area contributed by atoms with Crippen LogP contribution in [0.15, 0.2) is 60.7 Å². The minimum absolute atomic E-state index is 0.246. The van der Waals surface area contributed by atoms with Crippen LogP contribution in [0.3, 0.4) is 0 Å². The zero-order valence-corrected chi connectivity index (χ0v) is 15.8. The summed E-state index contributed by atoms with van der Waals surface area (Å²) in [6.45, 7) is 1.54. The van der Waals surface area contributed by atoms with E-state index in [4.69, 9.17) is 23.2 Å². The third kappa shape index (κ3) is 3.59. The molecule has 0 amide bonds. The first-order valence-corrected chi connectivity index (χ1v) is 9.18. The number of hydrogen-bond acceptors (Lipinski definition) is 3. The third-order valence-electron chi connectivity index (χ3n) is 4.63. The molecule has 2 N–H and O–H groups in total. The van der Waals surface area contributed by atoms with Gasteiger partial charge in [-0.25, -0.2) is 4.79 Å². The van der Waals surface area contributed by atoms with Gasteiger partial charge in [0.05, 0.1) is 21.3 Å². The van der Waals surface area contributed by atoms with Gasteiger partial charge in [0.25, 0.3) is 0 Å². The quantitative estimate of drug-likeness (QED) is 0.569. The maximum Gasteiger partial charge on any atom is 0.337 e. The summed E-state index contributed by atoms with van der Waals surface area (Å²) in [6, 6.07) is 18.6. The highest BCUT2D eigenvalue weighted by Crippen LogP contribution is 2.34. The van der Waals surface area contributed by atoms with Gasteiger partial charge in [0.15, 0.2) is 0 Å². The van der Waals surface area contributed by atoms with Crippen molar-refractivity contribution in [2.75, 3.05) is 10.2 Å². The number of hydrogen-bond donors (Lipinski definition) is 2. The Balaban J connectivity index is 1.57. The lowest BCUT2D eigenvalue weighted by Crippen LogP contribution is -2.14. The highest BCUT2D eigenvalue weighted by Gasteiger charge is 2.20. The number of carboxylic acids is 1. The Kier molecular flexibility index (Phi) is 4.68. The van der Waals surface area contributed by atoms with E-state index in [1.807, 2.05) is 24.3 Å². The van der Waals surface area contributed by atoms with E-state index in [2.05, 4.69) is 22.3 Å². The van der Waals surface area contributed by atoms with Gasteiger partial charge in [-0.15, -0.1) is 0 Å². The summed E-state index contributed by atoms with van der Waals surface area (Å²) in [5.41, 5.74) is 5.13. The molecular weight excluding hydrogens is 383 g/mol. The number of anilines is 3. The van der Waals surface area contributed by atoms with E-state index in [9.17, 15) is 9.90 Å². The Morgan fingerprint density at radius 3 is 2.48 bits per heavy atom. The van der Waals surface area contributed by atoms with Crippen LogP contribution >= 0.6 is 23.2 Å². The molecule has 4 rings (SSSR count). The van der Waals surface area contributed by atoms with Crippen LogP contribution in [0.25, 0.3) is 0 Å². The normalized spacial score (nSPS) is 12.7. The largest absolute Gasteiger partial charge is 0.478 e. The molecule has 0 fully saturated rings. The van der Waals surface area contributed by atoms with E-state index < -0.39 is 5.97 Å².